The average Bonchev–Trinajstić information content (AvgIpc) is 3.37. The van der Waals surface area contributed by atoms with Gasteiger partial charge in [-0.3, -0.25) is 0 Å². The summed E-state index contributed by atoms with van der Waals surface area (Å²) >= 11 is 0. The fraction of sp³-hybridized carbons (Fsp3) is 0.444. The second-order valence-electron chi connectivity index (χ2n) is 6.21. The topological polar surface area (TPSA) is 49.8 Å². The predicted octanol–water partition coefficient (Wildman–Crippen LogP) is 4.32. The first kappa shape index (κ1) is 15.7. The number of hydrogen-bond acceptors (Lipinski definition) is 4. The number of nitrogens with one attached hydrogen (secondary N) is 2. The fourth-order valence-electron chi connectivity index (χ4n) is 2.37. The van der Waals surface area contributed by atoms with Crippen molar-refractivity contribution in [3.8, 4) is 0 Å². The van der Waals surface area contributed by atoms with E-state index in [1.165, 1.54) is 25.0 Å². The summed E-state index contributed by atoms with van der Waals surface area (Å²) in [5, 5.41) is 6.63. The molecule has 2 aromatic rings. The number of rotatable bonds is 7. The van der Waals surface area contributed by atoms with E-state index in [4.69, 9.17) is 0 Å². The Hall–Kier alpha value is -2.17. The monoisotopic (exact) mass is 314 g/mol. The van der Waals surface area contributed by atoms with Crippen LogP contribution in [-0.4, -0.2) is 16.0 Å². The van der Waals surface area contributed by atoms with Crippen LogP contribution >= 0.6 is 0 Å². The molecule has 2 N–H and O–H groups in total. The Morgan fingerprint density at radius 2 is 2.09 bits per heavy atom. The number of halogens is 1. The van der Waals surface area contributed by atoms with Crippen LogP contribution < -0.4 is 10.6 Å². The molecule has 0 radical (unpaired) electrons. The van der Waals surface area contributed by atoms with E-state index < -0.39 is 0 Å². The number of aromatic nitrogens is 2. The van der Waals surface area contributed by atoms with E-state index >= 15 is 0 Å². The quantitative estimate of drug-likeness (QED) is 0.799. The van der Waals surface area contributed by atoms with Crippen LogP contribution in [0.5, 0.6) is 0 Å². The average molecular weight is 314 g/mol. The van der Waals surface area contributed by atoms with Crippen molar-refractivity contribution in [3.63, 3.8) is 0 Å². The third-order valence-electron chi connectivity index (χ3n) is 4.09. The summed E-state index contributed by atoms with van der Waals surface area (Å²) in [5.74, 6) is 1.80. The molecule has 4 nitrogen and oxygen atoms in total. The highest BCUT2D eigenvalue weighted by atomic mass is 19.1. The molecule has 5 heteroatoms. The molecule has 1 aliphatic carbocycles. The van der Waals surface area contributed by atoms with Crippen molar-refractivity contribution in [1.29, 1.82) is 0 Å². The molecule has 23 heavy (non-hydrogen) atoms. The maximum Gasteiger partial charge on any atom is 0.225 e. The molecule has 1 heterocycles. The Morgan fingerprint density at radius 3 is 2.78 bits per heavy atom. The minimum atomic E-state index is -0.218. The van der Waals surface area contributed by atoms with Crippen LogP contribution in [0.3, 0.4) is 0 Å². The Morgan fingerprint density at radius 1 is 1.26 bits per heavy atom. The SMILES string of the molecule is CC[C@H](C)Nc1nc(NCc2cccc(F)c2)cc(C2CC2)n1. The van der Waals surface area contributed by atoms with E-state index in [0.29, 0.717) is 24.5 Å². The third kappa shape index (κ3) is 4.41. The van der Waals surface area contributed by atoms with E-state index in [2.05, 4.69) is 34.4 Å². The van der Waals surface area contributed by atoms with Gasteiger partial charge in [0.25, 0.3) is 0 Å². The van der Waals surface area contributed by atoms with Crippen molar-refractivity contribution >= 4 is 11.8 Å². The molecule has 1 aromatic heterocycles. The zero-order valence-corrected chi connectivity index (χ0v) is 13.6. The summed E-state index contributed by atoms with van der Waals surface area (Å²) in [7, 11) is 0. The summed E-state index contributed by atoms with van der Waals surface area (Å²) in [6.45, 7) is 4.79. The van der Waals surface area contributed by atoms with Gasteiger partial charge in [0.1, 0.15) is 11.6 Å². The zero-order valence-electron chi connectivity index (χ0n) is 13.6. The Kier molecular flexibility index (Phi) is 4.74. The molecule has 1 saturated carbocycles. The van der Waals surface area contributed by atoms with Gasteiger partial charge in [-0.05, 0) is 43.9 Å². The summed E-state index contributed by atoms with van der Waals surface area (Å²) < 4.78 is 13.3. The predicted molar refractivity (Wildman–Crippen MR) is 91.1 cm³/mol. The maximum atomic E-state index is 13.3. The van der Waals surface area contributed by atoms with Crippen molar-refractivity contribution in [2.75, 3.05) is 10.6 Å². The van der Waals surface area contributed by atoms with Crippen LogP contribution in [0.15, 0.2) is 30.3 Å². The Bertz CT molecular complexity index is 670. The number of hydrogen-bond donors (Lipinski definition) is 2. The highest BCUT2D eigenvalue weighted by Gasteiger charge is 2.26. The molecule has 1 aliphatic rings. The van der Waals surface area contributed by atoms with E-state index in [1.807, 2.05) is 12.1 Å². The van der Waals surface area contributed by atoms with E-state index in [9.17, 15) is 4.39 Å². The Labute approximate surface area is 136 Å². The van der Waals surface area contributed by atoms with Crippen LogP contribution in [0.1, 0.15) is 50.3 Å². The van der Waals surface area contributed by atoms with Crippen LogP contribution in [-0.2, 0) is 6.54 Å². The fourth-order valence-corrected chi connectivity index (χ4v) is 2.37. The van der Waals surface area contributed by atoms with Gasteiger partial charge < -0.3 is 10.6 Å². The lowest BCUT2D eigenvalue weighted by Crippen LogP contribution is -2.17. The standard InChI is InChI=1S/C18H23FN4/c1-3-12(2)21-18-22-16(14-7-8-14)10-17(23-18)20-11-13-5-4-6-15(19)9-13/h4-6,9-10,12,14H,3,7-8,11H2,1-2H3,(H2,20,21,22,23)/t12-/m0/s1. The zero-order chi connectivity index (χ0) is 16.2. The molecule has 3 rings (SSSR count). The molecule has 1 aromatic carbocycles. The first-order valence-electron chi connectivity index (χ1n) is 8.28. The lowest BCUT2D eigenvalue weighted by molar-refractivity contribution is 0.626. The molecule has 0 aliphatic heterocycles. The summed E-state index contributed by atoms with van der Waals surface area (Å²) in [4.78, 5) is 9.17. The number of anilines is 2. The van der Waals surface area contributed by atoms with Crippen molar-refractivity contribution in [2.45, 2.75) is 51.6 Å². The van der Waals surface area contributed by atoms with Crippen molar-refractivity contribution in [2.24, 2.45) is 0 Å². The van der Waals surface area contributed by atoms with Crippen molar-refractivity contribution in [3.05, 3.63) is 47.4 Å². The lowest BCUT2D eigenvalue weighted by atomic mass is 10.2. The third-order valence-corrected chi connectivity index (χ3v) is 4.09. The van der Waals surface area contributed by atoms with Crippen LogP contribution in [0.4, 0.5) is 16.2 Å². The minimum Gasteiger partial charge on any atom is -0.366 e. The molecule has 0 bridgehead atoms. The largest absolute Gasteiger partial charge is 0.366 e. The molecule has 122 valence electrons. The van der Waals surface area contributed by atoms with Crippen molar-refractivity contribution < 1.29 is 4.39 Å². The highest BCUT2D eigenvalue weighted by molar-refractivity contribution is 5.45. The minimum absolute atomic E-state index is 0.218. The first-order chi connectivity index (χ1) is 11.1. The molecule has 0 spiro atoms. The summed E-state index contributed by atoms with van der Waals surface area (Å²) in [6, 6.07) is 8.95. The highest BCUT2D eigenvalue weighted by Crippen LogP contribution is 2.39. The van der Waals surface area contributed by atoms with Gasteiger partial charge in [0.15, 0.2) is 0 Å². The molecule has 0 saturated heterocycles. The molecule has 1 fully saturated rings. The molecule has 1 atom stereocenters. The van der Waals surface area contributed by atoms with E-state index in [0.717, 1.165) is 23.5 Å². The second-order valence-corrected chi connectivity index (χ2v) is 6.21. The van der Waals surface area contributed by atoms with Gasteiger partial charge in [-0.1, -0.05) is 19.1 Å². The second kappa shape index (κ2) is 6.94. The summed E-state index contributed by atoms with van der Waals surface area (Å²) in [6.07, 6.45) is 3.41. The first-order valence-corrected chi connectivity index (χ1v) is 8.28. The molecular formula is C18H23FN4. The van der Waals surface area contributed by atoms with E-state index in [1.54, 1.807) is 6.07 Å². The normalized spacial score (nSPS) is 15.3. The molecule has 0 unspecified atom stereocenters. The Balaban J connectivity index is 1.74. The van der Waals surface area contributed by atoms with Gasteiger partial charge >= 0.3 is 0 Å². The van der Waals surface area contributed by atoms with Gasteiger partial charge in [0.2, 0.25) is 5.95 Å². The molecule has 0 amide bonds. The molecular weight excluding hydrogens is 291 g/mol. The maximum absolute atomic E-state index is 13.3. The number of benzene rings is 1. The van der Waals surface area contributed by atoms with Gasteiger partial charge in [-0.15, -0.1) is 0 Å². The lowest BCUT2D eigenvalue weighted by Gasteiger charge is -2.14. The van der Waals surface area contributed by atoms with Gasteiger partial charge in [0, 0.05) is 24.6 Å². The van der Waals surface area contributed by atoms with Gasteiger partial charge in [-0.2, -0.15) is 4.98 Å². The number of nitrogens with zero attached hydrogens (tertiary/aromatic N) is 2. The van der Waals surface area contributed by atoms with E-state index in [-0.39, 0.29) is 5.82 Å². The smallest absolute Gasteiger partial charge is 0.225 e. The van der Waals surface area contributed by atoms with Crippen molar-refractivity contribution in [1.82, 2.24) is 9.97 Å². The van der Waals surface area contributed by atoms with Gasteiger partial charge in [-0.25, -0.2) is 9.37 Å². The summed E-state index contributed by atoms with van der Waals surface area (Å²) in [5.41, 5.74) is 1.99. The van der Waals surface area contributed by atoms with Crippen LogP contribution in [0.25, 0.3) is 0 Å². The van der Waals surface area contributed by atoms with Crippen LogP contribution in [0.2, 0.25) is 0 Å². The van der Waals surface area contributed by atoms with Crippen LogP contribution in [0, 0.1) is 5.82 Å². The van der Waals surface area contributed by atoms with Gasteiger partial charge in [0.05, 0.1) is 5.69 Å².